The third kappa shape index (κ3) is 1.81. The number of hydrazine groups is 1. The Kier molecular flexibility index (Phi) is 2.47. The van der Waals surface area contributed by atoms with Crippen LogP contribution >= 0.6 is 23.2 Å². The molecule has 2 nitrogen and oxygen atoms in total. The van der Waals surface area contributed by atoms with Gasteiger partial charge in [-0.25, -0.2) is 5.01 Å². The molecule has 0 amide bonds. The van der Waals surface area contributed by atoms with E-state index >= 15 is 0 Å². The Hall–Kier alpha value is -0.280. The summed E-state index contributed by atoms with van der Waals surface area (Å²) in [5, 5.41) is 3.21. The predicted octanol–water partition coefficient (Wildman–Crippen LogP) is 2.23. The highest BCUT2D eigenvalue weighted by Crippen LogP contribution is 2.28. The third-order valence-electron chi connectivity index (χ3n) is 2.28. The smallest absolute Gasteiger partial charge is 0.0456 e. The van der Waals surface area contributed by atoms with Crippen molar-refractivity contribution >= 4 is 23.2 Å². The highest BCUT2D eigenvalue weighted by Gasteiger charge is 2.16. The van der Waals surface area contributed by atoms with E-state index in [2.05, 4.69) is 0 Å². The fourth-order valence-corrected chi connectivity index (χ4v) is 2.26. The number of hydrogen-bond donors (Lipinski definition) is 1. The zero-order valence-electron chi connectivity index (χ0n) is 7.06. The molecular weight excluding hydrogens is 207 g/mol. The Balaban J connectivity index is 2.47. The molecule has 2 N–H and O–H groups in total. The summed E-state index contributed by atoms with van der Waals surface area (Å²) in [6, 6.07) is 3.72. The molecule has 1 aromatic carbocycles. The van der Waals surface area contributed by atoms with E-state index in [1.54, 1.807) is 11.1 Å². The summed E-state index contributed by atoms with van der Waals surface area (Å²) in [5.41, 5.74) is 2.33. The lowest BCUT2D eigenvalue weighted by Crippen LogP contribution is -2.36. The Morgan fingerprint density at radius 2 is 2.08 bits per heavy atom. The summed E-state index contributed by atoms with van der Waals surface area (Å²) in [5.74, 6) is 5.70. The number of benzene rings is 1. The first-order valence-corrected chi connectivity index (χ1v) is 4.89. The topological polar surface area (TPSA) is 29.3 Å². The first-order valence-electron chi connectivity index (χ1n) is 4.13. The van der Waals surface area contributed by atoms with Gasteiger partial charge < -0.3 is 0 Å². The monoisotopic (exact) mass is 216 g/mol. The first kappa shape index (κ1) is 9.28. The van der Waals surface area contributed by atoms with Gasteiger partial charge in [0.05, 0.1) is 0 Å². The number of halogens is 2. The number of hydrogen-bond acceptors (Lipinski definition) is 2. The minimum Gasteiger partial charge on any atom is -0.268 e. The van der Waals surface area contributed by atoms with Gasteiger partial charge in [0.25, 0.3) is 0 Å². The van der Waals surface area contributed by atoms with Crippen LogP contribution in [0.5, 0.6) is 0 Å². The molecule has 0 spiro atoms. The van der Waals surface area contributed by atoms with Crippen LogP contribution in [0, 0.1) is 0 Å². The van der Waals surface area contributed by atoms with Gasteiger partial charge in [-0.3, -0.25) is 5.84 Å². The van der Waals surface area contributed by atoms with Gasteiger partial charge in [0, 0.05) is 23.1 Å². The van der Waals surface area contributed by atoms with Crippen molar-refractivity contribution in [2.24, 2.45) is 5.84 Å². The van der Waals surface area contributed by atoms with Crippen LogP contribution in [0.25, 0.3) is 0 Å². The minimum absolute atomic E-state index is 0.680. The SMILES string of the molecule is NN1CCc2c(Cl)cc(Cl)cc2C1. The highest BCUT2D eigenvalue weighted by atomic mass is 35.5. The Morgan fingerprint density at radius 3 is 2.85 bits per heavy atom. The summed E-state index contributed by atoms with van der Waals surface area (Å²) < 4.78 is 0. The largest absolute Gasteiger partial charge is 0.268 e. The van der Waals surface area contributed by atoms with Gasteiger partial charge in [0.1, 0.15) is 0 Å². The van der Waals surface area contributed by atoms with E-state index < -0.39 is 0 Å². The lowest BCUT2D eigenvalue weighted by atomic mass is 10.0. The number of rotatable bonds is 0. The van der Waals surface area contributed by atoms with Gasteiger partial charge >= 0.3 is 0 Å². The number of nitrogens with two attached hydrogens (primary N) is 1. The van der Waals surface area contributed by atoms with E-state index in [0.29, 0.717) is 5.02 Å². The molecule has 0 aromatic heterocycles. The van der Waals surface area contributed by atoms with E-state index in [-0.39, 0.29) is 0 Å². The Labute approximate surface area is 87.2 Å². The molecule has 13 heavy (non-hydrogen) atoms. The van der Waals surface area contributed by atoms with Gasteiger partial charge in [-0.1, -0.05) is 23.2 Å². The lowest BCUT2D eigenvalue weighted by molar-refractivity contribution is 0.263. The van der Waals surface area contributed by atoms with Crippen molar-refractivity contribution in [2.75, 3.05) is 6.54 Å². The van der Waals surface area contributed by atoms with Crippen molar-refractivity contribution in [3.8, 4) is 0 Å². The molecule has 0 unspecified atom stereocenters. The molecule has 4 heteroatoms. The zero-order chi connectivity index (χ0) is 9.42. The van der Waals surface area contributed by atoms with Crippen LogP contribution in [0.3, 0.4) is 0 Å². The molecule has 1 aliphatic heterocycles. The van der Waals surface area contributed by atoms with E-state index in [1.807, 2.05) is 6.07 Å². The van der Waals surface area contributed by atoms with Crippen molar-refractivity contribution in [1.29, 1.82) is 0 Å². The molecule has 2 rings (SSSR count). The molecule has 70 valence electrons. The average molecular weight is 217 g/mol. The van der Waals surface area contributed by atoms with Crippen molar-refractivity contribution < 1.29 is 0 Å². The highest BCUT2D eigenvalue weighted by molar-refractivity contribution is 6.35. The predicted molar refractivity (Wildman–Crippen MR) is 54.8 cm³/mol. The minimum atomic E-state index is 0.680. The molecule has 1 heterocycles. The van der Waals surface area contributed by atoms with Crippen LogP contribution in [0.2, 0.25) is 10.0 Å². The molecule has 0 atom stereocenters. The van der Waals surface area contributed by atoms with Gasteiger partial charge in [-0.2, -0.15) is 0 Å². The third-order valence-corrected chi connectivity index (χ3v) is 2.83. The zero-order valence-corrected chi connectivity index (χ0v) is 8.57. The Bertz CT molecular complexity index is 339. The second-order valence-electron chi connectivity index (χ2n) is 3.25. The van der Waals surface area contributed by atoms with Gasteiger partial charge in [0.15, 0.2) is 0 Å². The molecule has 0 saturated heterocycles. The lowest BCUT2D eigenvalue weighted by Gasteiger charge is -2.25. The average Bonchev–Trinajstić information content (AvgIpc) is 2.02. The van der Waals surface area contributed by atoms with Crippen molar-refractivity contribution in [2.45, 2.75) is 13.0 Å². The summed E-state index contributed by atoms with van der Waals surface area (Å²) in [7, 11) is 0. The summed E-state index contributed by atoms with van der Waals surface area (Å²) in [4.78, 5) is 0. The van der Waals surface area contributed by atoms with E-state index in [0.717, 1.165) is 30.1 Å². The van der Waals surface area contributed by atoms with Gasteiger partial charge in [-0.05, 0) is 29.7 Å². The number of nitrogens with zero attached hydrogens (tertiary/aromatic N) is 1. The first-order chi connectivity index (χ1) is 6.16. The molecule has 1 aromatic rings. The van der Waals surface area contributed by atoms with Crippen LogP contribution in [0.4, 0.5) is 0 Å². The molecular formula is C9H10Cl2N2. The maximum atomic E-state index is 6.05. The van der Waals surface area contributed by atoms with E-state index in [9.17, 15) is 0 Å². The maximum Gasteiger partial charge on any atom is 0.0456 e. The normalized spacial score (nSPS) is 17.2. The van der Waals surface area contributed by atoms with Gasteiger partial charge in [0.2, 0.25) is 0 Å². The standard InChI is InChI=1S/C9H10Cl2N2/c10-7-3-6-5-13(12)2-1-8(6)9(11)4-7/h3-4H,1-2,5,12H2. The summed E-state index contributed by atoms with van der Waals surface area (Å²) >= 11 is 11.9. The molecule has 0 aliphatic carbocycles. The van der Waals surface area contributed by atoms with Crippen molar-refractivity contribution in [3.05, 3.63) is 33.3 Å². The van der Waals surface area contributed by atoms with Gasteiger partial charge in [-0.15, -0.1) is 0 Å². The molecule has 0 bridgehead atoms. The van der Waals surface area contributed by atoms with Crippen LogP contribution in [-0.2, 0) is 13.0 Å². The quantitative estimate of drug-likeness (QED) is 0.675. The summed E-state index contributed by atoms with van der Waals surface area (Å²) in [6.45, 7) is 1.59. The van der Waals surface area contributed by atoms with E-state index in [1.165, 1.54) is 5.56 Å². The van der Waals surface area contributed by atoms with Crippen LogP contribution < -0.4 is 5.84 Å². The van der Waals surface area contributed by atoms with Crippen LogP contribution in [0.15, 0.2) is 12.1 Å². The Morgan fingerprint density at radius 1 is 1.31 bits per heavy atom. The van der Waals surface area contributed by atoms with Crippen LogP contribution in [0.1, 0.15) is 11.1 Å². The van der Waals surface area contributed by atoms with Crippen molar-refractivity contribution in [3.63, 3.8) is 0 Å². The molecule has 0 radical (unpaired) electrons. The molecule has 1 aliphatic rings. The van der Waals surface area contributed by atoms with E-state index in [4.69, 9.17) is 29.0 Å². The fraction of sp³-hybridized carbons (Fsp3) is 0.333. The number of fused-ring (bicyclic) bond motifs is 1. The maximum absolute atomic E-state index is 6.05. The molecule has 0 fully saturated rings. The summed E-state index contributed by atoms with van der Waals surface area (Å²) in [6.07, 6.45) is 0.905. The molecule has 0 saturated carbocycles. The van der Waals surface area contributed by atoms with Crippen LogP contribution in [-0.4, -0.2) is 11.6 Å². The fourth-order valence-electron chi connectivity index (χ4n) is 1.63. The van der Waals surface area contributed by atoms with Crippen molar-refractivity contribution in [1.82, 2.24) is 5.01 Å². The second kappa shape index (κ2) is 3.46. The second-order valence-corrected chi connectivity index (χ2v) is 4.09.